The molecule has 8 heteroatoms. The molecule has 1 fully saturated rings. The van der Waals surface area contributed by atoms with Crippen LogP contribution in [-0.2, 0) is 17.4 Å². The Morgan fingerprint density at radius 1 is 1.28 bits per heavy atom. The first-order valence-corrected chi connectivity index (χ1v) is 8.17. The van der Waals surface area contributed by atoms with E-state index in [1.54, 1.807) is 4.90 Å². The maximum atomic E-state index is 12.8. The van der Waals surface area contributed by atoms with Crippen molar-refractivity contribution in [1.29, 1.82) is 0 Å². The van der Waals surface area contributed by atoms with Gasteiger partial charge < -0.3 is 9.42 Å². The molecular weight excluding hydrogens is 335 g/mol. The van der Waals surface area contributed by atoms with Crippen molar-refractivity contribution in [3.05, 3.63) is 47.6 Å². The monoisotopic (exact) mass is 353 g/mol. The summed E-state index contributed by atoms with van der Waals surface area (Å²) in [7, 11) is 0. The van der Waals surface area contributed by atoms with Crippen molar-refractivity contribution in [3.8, 4) is 0 Å². The molecule has 5 nitrogen and oxygen atoms in total. The molecule has 2 heterocycles. The number of benzene rings is 1. The van der Waals surface area contributed by atoms with Crippen molar-refractivity contribution in [2.75, 3.05) is 6.54 Å². The molecule has 0 N–H and O–H groups in total. The van der Waals surface area contributed by atoms with Gasteiger partial charge >= 0.3 is 6.18 Å². The number of carbonyl (C=O) groups is 1. The zero-order chi connectivity index (χ0) is 17.9. The van der Waals surface area contributed by atoms with E-state index in [0.717, 1.165) is 31.4 Å². The minimum Gasteiger partial charge on any atom is -0.343 e. The Bertz CT molecular complexity index is 716. The Hall–Kier alpha value is -2.38. The molecular formula is C17H18F3N3O2. The molecule has 1 aliphatic heterocycles. The Balaban J connectivity index is 1.79. The SMILES string of the molecule is O=C(Cc1cccc(C(F)(F)F)c1)N1CCCCCC1c1ncon1. The van der Waals surface area contributed by atoms with Gasteiger partial charge in [-0.25, -0.2) is 0 Å². The average Bonchev–Trinajstić information content (AvgIpc) is 2.98. The molecule has 0 saturated carbocycles. The number of halogens is 3. The molecule has 0 aliphatic carbocycles. The van der Waals surface area contributed by atoms with Crippen molar-refractivity contribution in [1.82, 2.24) is 15.0 Å². The minimum absolute atomic E-state index is 0.0850. The van der Waals surface area contributed by atoms with Crippen LogP contribution in [0.4, 0.5) is 13.2 Å². The van der Waals surface area contributed by atoms with Crippen LogP contribution in [0.25, 0.3) is 0 Å². The fraction of sp³-hybridized carbons (Fsp3) is 0.471. The lowest BCUT2D eigenvalue weighted by atomic mass is 10.1. The second-order valence-corrected chi connectivity index (χ2v) is 6.12. The third kappa shape index (κ3) is 4.18. The Morgan fingerprint density at radius 3 is 2.84 bits per heavy atom. The van der Waals surface area contributed by atoms with Crippen molar-refractivity contribution in [2.45, 2.75) is 44.3 Å². The molecule has 25 heavy (non-hydrogen) atoms. The minimum atomic E-state index is -4.42. The summed E-state index contributed by atoms with van der Waals surface area (Å²) in [4.78, 5) is 18.5. The first-order chi connectivity index (χ1) is 11.9. The van der Waals surface area contributed by atoms with Gasteiger partial charge in [-0.2, -0.15) is 18.2 Å². The molecule has 1 amide bonds. The predicted molar refractivity (Wildman–Crippen MR) is 82.4 cm³/mol. The van der Waals surface area contributed by atoms with Crippen molar-refractivity contribution in [2.24, 2.45) is 0 Å². The van der Waals surface area contributed by atoms with E-state index in [4.69, 9.17) is 4.52 Å². The number of rotatable bonds is 3. The van der Waals surface area contributed by atoms with E-state index >= 15 is 0 Å². The van der Waals surface area contributed by atoms with E-state index in [1.165, 1.54) is 18.5 Å². The van der Waals surface area contributed by atoms with Crippen LogP contribution in [0, 0.1) is 0 Å². The molecule has 1 unspecified atom stereocenters. The van der Waals surface area contributed by atoms with E-state index in [0.29, 0.717) is 24.4 Å². The summed E-state index contributed by atoms with van der Waals surface area (Å²) in [5.41, 5.74) is -0.403. The molecule has 3 rings (SSSR count). The third-order valence-electron chi connectivity index (χ3n) is 4.36. The second kappa shape index (κ2) is 7.25. The number of amides is 1. The van der Waals surface area contributed by atoms with Crippen molar-refractivity contribution in [3.63, 3.8) is 0 Å². The highest BCUT2D eigenvalue weighted by atomic mass is 19.4. The molecule has 1 atom stereocenters. The molecule has 1 aliphatic rings. The van der Waals surface area contributed by atoms with Gasteiger partial charge in [-0.1, -0.05) is 36.2 Å². The highest BCUT2D eigenvalue weighted by molar-refractivity contribution is 5.79. The number of alkyl halides is 3. The lowest BCUT2D eigenvalue weighted by molar-refractivity contribution is -0.138. The second-order valence-electron chi connectivity index (χ2n) is 6.12. The zero-order valence-electron chi connectivity index (χ0n) is 13.5. The summed E-state index contributed by atoms with van der Waals surface area (Å²) in [5, 5.41) is 3.84. The summed E-state index contributed by atoms with van der Waals surface area (Å²) < 4.78 is 43.3. The van der Waals surface area contributed by atoms with Crippen molar-refractivity contribution >= 4 is 5.91 Å². The van der Waals surface area contributed by atoms with Crippen LogP contribution in [0.2, 0.25) is 0 Å². The molecule has 2 aromatic rings. The van der Waals surface area contributed by atoms with Crippen LogP contribution in [0.1, 0.15) is 48.7 Å². The van der Waals surface area contributed by atoms with E-state index in [2.05, 4.69) is 10.1 Å². The molecule has 1 saturated heterocycles. The number of aromatic nitrogens is 2. The van der Waals surface area contributed by atoms with E-state index < -0.39 is 11.7 Å². The summed E-state index contributed by atoms with van der Waals surface area (Å²) in [5.74, 6) is 0.218. The van der Waals surface area contributed by atoms with E-state index in [9.17, 15) is 18.0 Å². The largest absolute Gasteiger partial charge is 0.416 e. The topological polar surface area (TPSA) is 59.2 Å². The standard InChI is InChI=1S/C17H18F3N3O2/c18-17(19,20)13-6-4-5-12(9-13)10-15(24)23-8-3-1-2-7-14(23)16-21-11-25-22-16/h4-6,9,11,14H,1-3,7-8,10H2. The normalized spacial score (nSPS) is 18.8. The maximum Gasteiger partial charge on any atom is 0.416 e. The van der Waals surface area contributed by atoms with Gasteiger partial charge in [-0.05, 0) is 24.5 Å². The fourth-order valence-electron chi connectivity index (χ4n) is 3.13. The molecule has 134 valence electrons. The molecule has 1 aromatic heterocycles. The summed E-state index contributed by atoms with van der Waals surface area (Å²) in [6.45, 7) is 0.539. The third-order valence-corrected chi connectivity index (χ3v) is 4.36. The average molecular weight is 353 g/mol. The van der Waals surface area contributed by atoms with Gasteiger partial charge in [0.1, 0.15) is 0 Å². The highest BCUT2D eigenvalue weighted by Crippen LogP contribution is 2.31. The van der Waals surface area contributed by atoms with Crippen LogP contribution in [-0.4, -0.2) is 27.5 Å². The highest BCUT2D eigenvalue weighted by Gasteiger charge is 2.32. The van der Waals surface area contributed by atoms with Crippen LogP contribution in [0.3, 0.4) is 0 Å². The van der Waals surface area contributed by atoms with Crippen LogP contribution >= 0.6 is 0 Å². The van der Waals surface area contributed by atoms with Gasteiger partial charge in [0.05, 0.1) is 18.0 Å². The smallest absolute Gasteiger partial charge is 0.343 e. The number of hydrogen-bond acceptors (Lipinski definition) is 4. The van der Waals surface area contributed by atoms with Gasteiger partial charge in [0, 0.05) is 6.54 Å². The number of nitrogens with zero attached hydrogens (tertiary/aromatic N) is 3. The first-order valence-electron chi connectivity index (χ1n) is 8.17. The quantitative estimate of drug-likeness (QED) is 0.843. The van der Waals surface area contributed by atoms with Gasteiger partial charge in [-0.3, -0.25) is 4.79 Å². The maximum absolute atomic E-state index is 12.8. The lowest BCUT2D eigenvalue weighted by Gasteiger charge is -2.28. The Morgan fingerprint density at radius 2 is 2.12 bits per heavy atom. The molecule has 0 bridgehead atoms. The summed E-state index contributed by atoms with van der Waals surface area (Å²) in [6.07, 6.45) is 0.202. The van der Waals surface area contributed by atoms with Gasteiger partial charge in [0.2, 0.25) is 12.3 Å². The van der Waals surface area contributed by atoms with Gasteiger partial charge in [-0.15, -0.1) is 0 Å². The first kappa shape index (κ1) is 17.4. The Labute approximate surface area is 142 Å². The number of likely N-dealkylation sites (tertiary alicyclic amines) is 1. The number of carbonyl (C=O) groups excluding carboxylic acids is 1. The summed E-state index contributed by atoms with van der Waals surface area (Å²) in [6, 6.07) is 4.60. The number of hydrogen-bond donors (Lipinski definition) is 0. The molecule has 0 spiro atoms. The van der Waals surface area contributed by atoms with Crippen LogP contribution in [0.15, 0.2) is 35.2 Å². The molecule has 0 radical (unpaired) electrons. The van der Waals surface area contributed by atoms with E-state index in [-0.39, 0.29) is 18.4 Å². The Kier molecular flexibility index (Phi) is 5.06. The molecule has 1 aromatic carbocycles. The summed E-state index contributed by atoms with van der Waals surface area (Å²) >= 11 is 0. The zero-order valence-corrected chi connectivity index (χ0v) is 13.5. The van der Waals surface area contributed by atoms with Crippen LogP contribution < -0.4 is 0 Å². The van der Waals surface area contributed by atoms with Crippen LogP contribution in [0.5, 0.6) is 0 Å². The predicted octanol–water partition coefficient (Wildman–Crippen LogP) is 3.77. The fourth-order valence-corrected chi connectivity index (χ4v) is 3.13. The van der Waals surface area contributed by atoms with Gasteiger partial charge in [0.15, 0.2) is 5.82 Å². The van der Waals surface area contributed by atoms with E-state index in [1.807, 2.05) is 0 Å². The lowest BCUT2D eigenvalue weighted by Crippen LogP contribution is -2.36. The van der Waals surface area contributed by atoms with Crippen molar-refractivity contribution < 1.29 is 22.5 Å². The van der Waals surface area contributed by atoms with Gasteiger partial charge in [0.25, 0.3) is 0 Å².